The van der Waals surface area contributed by atoms with Gasteiger partial charge in [0.25, 0.3) is 5.91 Å². The summed E-state index contributed by atoms with van der Waals surface area (Å²) in [7, 11) is 0. The molecule has 2 aromatic heterocycles. The second-order valence-corrected chi connectivity index (χ2v) is 9.43. The van der Waals surface area contributed by atoms with Crippen LogP contribution in [0.5, 0.6) is 0 Å². The average molecular weight is 422 g/mol. The van der Waals surface area contributed by atoms with Gasteiger partial charge in [0.15, 0.2) is 0 Å². The van der Waals surface area contributed by atoms with Crippen LogP contribution in [0.1, 0.15) is 47.0 Å². The Morgan fingerprint density at radius 1 is 0.967 bits per heavy atom. The summed E-state index contributed by atoms with van der Waals surface area (Å²) >= 11 is 1.47. The first-order chi connectivity index (χ1) is 14.7. The molecule has 5 rings (SSSR count). The predicted molar refractivity (Wildman–Crippen MR) is 120 cm³/mol. The van der Waals surface area contributed by atoms with Crippen molar-refractivity contribution in [2.24, 2.45) is 5.92 Å². The number of aromatic amines is 1. The van der Waals surface area contributed by atoms with E-state index in [1.54, 1.807) is 0 Å². The number of nitrogens with zero attached hydrogens (tertiary/aromatic N) is 2. The molecule has 1 aromatic carbocycles. The molecule has 1 N–H and O–H groups in total. The van der Waals surface area contributed by atoms with Gasteiger partial charge in [-0.2, -0.15) is 0 Å². The molecule has 156 valence electrons. The van der Waals surface area contributed by atoms with Gasteiger partial charge in [-0.3, -0.25) is 9.59 Å². The second kappa shape index (κ2) is 8.26. The molecule has 0 bridgehead atoms. The van der Waals surface area contributed by atoms with Crippen molar-refractivity contribution < 1.29 is 9.59 Å². The molecule has 3 aromatic rings. The zero-order chi connectivity index (χ0) is 20.5. The van der Waals surface area contributed by atoms with E-state index in [4.69, 9.17) is 0 Å². The van der Waals surface area contributed by atoms with E-state index < -0.39 is 0 Å². The summed E-state index contributed by atoms with van der Waals surface area (Å²) in [5.41, 5.74) is 2.47. The molecule has 5 nitrogen and oxygen atoms in total. The standard InChI is InChI=1S/C24H27N3O2S/c28-23(19-6-3-11-27(16-19)24(29)22-8-4-14-30-22)26-12-9-17(10-13-26)21-15-18-5-1-2-7-20(18)25-21/h1-2,4-5,7-8,14-15,17,19,25H,3,6,9-13,16H2. The fourth-order valence-electron chi connectivity index (χ4n) is 4.90. The number of fused-ring (bicyclic) bond motifs is 1. The molecule has 2 saturated heterocycles. The average Bonchev–Trinajstić information content (AvgIpc) is 3.48. The first kappa shape index (κ1) is 19.4. The molecule has 6 heteroatoms. The molecule has 30 heavy (non-hydrogen) atoms. The Morgan fingerprint density at radius 3 is 2.57 bits per heavy atom. The molecule has 0 spiro atoms. The van der Waals surface area contributed by atoms with Crippen molar-refractivity contribution in [1.82, 2.24) is 14.8 Å². The minimum atomic E-state index is -0.0627. The van der Waals surface area contributed by atoms with E-state index in [0.29, 0.717) is 12.5 Å². The highest BCUT2D eigenvalue weighted by Crippen LogP contribution is 2.31. The van der Waals surface area contributed by atoms with Crippen molar-refractivity contribution in [2.75, 3.05) is 26.2 Å². The number of likely N-dealkylation sites (tertiary alicyclic amines) is 2. The Kier molecular flexibility index (Phi) is 5.34. The smallest absolute Gasteiger partial charge is 0.263 e. The van der Waals surface area contributed by atoms with Crippen LogP contribution in [0.4, 0.5) is 0 Å². The summed E-state index contributed by atoms with van der Waals surface area (Å²) in [6.07, 6.45) is 3.76. The lowest BCUT2D eigenvalue weighted by Gasteiger charge is -2.37. The molecular weight excluding hydrogens is 394 g/mol. The summed E-state index contributed by atoms with van der Waals surface area (Å²) in [5.74, 6) is 0.714. The maximum Gasteiger partial charge on any atom is 0.263 e. The van der Waals surface area contributed by atoms with Crippen molar-refractivity contribution in [3.8, 4) is 0 Å². The fourth-order valence-corrected chi connectivity index (χ4v) is 5.59. The van der Waals surface area contributed by atoms with Gasteiger partial charge in [-0.15, -0.1) is 11.3 Å². The maximum absolute atomic E-state index is 13.2. The van der Waals surface area contributed by atoms with E-state index in [2.05, 4.69) is 35.3 Å². The lowest BCUT2D eigenvalue weighted by atomic mass is 9.91. The van der Waals surface area contributed by atoms with E-state index in [0.717, 1.165) is 50.2 Å². The van der Waals surface area contributed by atoms with Crippen LogP contribution in [0.25, 0.3) is 10.9 Å². The number of carbonyl (C=O) groups excluding carboxylic acids is 2. The van der Waals surface area contributed by atoms with Crippen LogP contribution in [0.15, 0.2) is 47.8 Å². The van der Waals surface area contributed by atoms with Crippen LogP contribution in [0.3, 0.4) is 0 Å². The van der Waals surface area contributed by atoms with Crippen molar-refractivity contribution >= 4 is 34.1 Å². The Bertz CT molecular complexity index is 1000. The van der Waals surface area contributed by atoms with E-state index in [-0.39, 0.29) is 17.7 Å². The molecule has 0 saturated carbocycles. The largest absolute Gasteiger partial charge is 0.358 e. The summed E-state index contributed by atoms with van der Waals surface area (Å²) in [4.78, 5) is 34.1. The van der Waals surface area contributed by atoms with E-state index in [9.17, 15) is 9.59 Å². The van der Waals surface area contributed by atoms with E-state index in [1.165, 1.54) is 27.9 Å². The normalized spacial score (nSPS) is 20.6. The third-order valence-corrected chi connectivity index (χ3v) is 7.44. The van der Waals surface area contributed by atoms with Gasteiger partial charge in [-0.05, 0) is 54.6 Å². The molecule has 4 heterocycles. The Balaban J connectivity index is 1.19. The number of hydrogen-bond donors (Lipinski definition) is 1. The van der Waals surface area contributed by atoms with Crippen molar-refractivity contribution in [3.05, 3.63) is 58.4 Å². The van der Waals surface area contributed by atoms with Crippen LogP contribution in [0.2, 0.25) is 0 Å². The third-order valence-electron chi connectivity index (χ3n) is 6.59. The summed E-state index contributed by atoms with van der Waals surface area (Å²) < 4.78 is 0. The molecular formula is C24H27N3O2S. The van der Waals surface area contributed by atoms with Gasteiger partial charge in [-0.25, -0.2) is 0 Å². The van der Waals surface area contributed by atoms with Crippen LogP contribution in [-0.2, 0) is 4.79 Å². The van der Waals surface area contributed by atoms with Gasteiger partial charge in [0.2, 0.25) is 5.91 Å². The van der Waals surface area contributed by atoms with Gasteiger partial charge in [0, 0.05) is 43.3 Å². The quantitative estimate of drug-likeness (QED) is 0.678. The van der Waals surface area contributed by atoms with Crippen molar-refractivity contribution in [2.45, 2.75) is 31.6 Å². The monoisotopic (exact) mass is 421 g/mol. The van der Waals surface area contributed by atoms with Crippen LogP contribution < -0.4 is 0 Å². The number of carbonyl (C=O) groups is 2. The number of thiophene rings is 1. The summed E-state index contributed by atoms with van der Waals surface area (Å²) in [6, 6.07) is 14.4. The van der Waals surface area contributed by atoms with Crippen LogP contribution >= 0.6 is 11.3 Å². The first-order valence-corrected chi connectivity index (χ1v) is 11.8. The number of hydrogen-bond acceptors (Lipinski definition) is 3. The van der Waals surface area contributed by atoms with Gasteiger partial charge in [-0.1, -0.05) is 24.3 Å². The SMILES string of the molecule is O=C(c1cccs1)N1CCCC(C(=O)N2CCC(c3cc4ccccc4[nH]3)CC2)C1. The molecule has 0 radical (unpaired) electrons. The van der Waals surface area contributed by atoms with Crippen molar-refractivity contribution in [1.29, 1.82) is 0 Å². The van der Waals surface area contributed by atoms with E-state index >= 15 is 0 Å². The number of para-hydroxylation sites is 1. The molecule has 2 aliphatic rings. The second-order valence-electron chi connectivity index (χ2n) is 8.48. The molecule has 2 amide bonds. The van der Waals surface area contributed by atoms with Crippen LogP contribution in [-0.4, -0.2) is 52.8 Å². The highest BCUT2D eigenvalue weighted by Gasteiger charge is 2.33. The highest BCUT2D eigenvalue weighted by molar-refractivity contribution is 7.12. The van der Waals surface area contributed by atoms with Gasteiger partial charge < -0.3 is 14.8 Å². The number of piperidine rings is 2. The van der Waals surface area contributed by atoms with Gasteiger partial charge in [0.1, 0.15) is 0 Å². The molecule has 1 unspecified atom stereocenters. The number of aromatic nitrogens is 1. The molecule has 2 aliphatic heterocycles. The van der Waals surface area contributed by atoms with Crippen LogP contribution in [0, 0.1) is 5.92 Å². The topological polar surface area (TPSA) is 56.4 Å². The minimum Gasteiger partial charge on any atom is -0.358 e. The third kappa shape index (κ3) is 3.76. The number of amides is 2. The Morgan fingerprint density at radius 2 is 1.80 bits per heavy atom. The fraction of sp³-hybridized carbons (Fsp3) is 0.417. The predicted octanol–water partition coefficient (Wildman–Crippen LogP) is 4.49. The minimum absolute atomic E-state index is 0.0627. The molecule has 2 fully saturated rings. The number of rotatable bonds is 3. The number of H-pyrrole nitrogens is 1. The van der Waals surface area contributed by atoms with E-state index in [1.807, 2.05) is 27.3 Å². The van der Waals surface area contributed by atoms with Gasteiger partial charge in [0.05, 0.1) is 10.8 Å². The zero-order valence-corrected chi connectivity index (χ0v) is 17.9. The lowest BCUT2D eigenvalue weighted by molar-refractivity contribution is -0.138. The molecule has 0 aliphatic carbocycles. The first-order valence-electron chi connectivity index (χ1n) is 10.9. The highest BCUT2D eigenvalue weighted by atomic mass is 32.1. The summed E-state index contributed by atoms with van der Waals surface area (Å²) in [5, 5.41) is 3.18. The number of benzene rings is 1. The van der Waals surface area contributed by atoms with Crippen molar-refractivity contribution in [3.63, 3.8) is 0 Å². The molecule has 1 atom stereocenters. The zero-order valence-electron chi connectivity index (χ0n) is 17.0. The summed E-state index contributed by atoms with van der Waals surface area (Å²) in [6.45, 7) is 2.91. The van der Waals surface area contributed by atoms with Gasteiger partial charge >= 0.3 is 0 Å². The maximum atomic E-state index is 13.2. The number of nitrogens with one attached hydrogen (secondary N) is 1. The Labute approximate surface area is 180 Å². The Hall–Kier alpha value is -2.60. The lowest BCUT2D eigenvalue weighted by Crippen LogP contribution is -2.48.